The van der Waals surface area contributed by atoms with Crippen molar-refractivity contribution in [3.05, 3.63) is 101 Å². The van der Waals surface area contributed by atoms with E-state index in [0.717, 1.165) is 17.5 Å². The lowest BCUT2D eigenvalue weighted by Gasteiger charge is -2.07. The highest BCUT2D eigenvalue weighted by Gasteiger charge is 2.16. The Labute approximate surface area is 182 Å². The summed E-state index contributed by atoms with van der Waals surface area (Å²) in [5.74, 6) is -1.08. The van der Waals surface area contributed by atoms with Crippen LogP contribution in [-0.2, 0) is 26.7 Å². The van der Waals surface area contributed by atoms with E-state index in [2.05, 4.69) is 0 Å². The van der Waals surface area contributed by atoms with Gasteiger partial charge in [-0.3, -0.25) is 4.79 Å². The number of hydrogen-bond acceptors (Lipinski definition) is 5. The minimum absolute atomic E-state index is 0.169. The second-order valence-corrected chi connectivity index (χ2v) is 9.31. The lowest BCUT2D eigenvalue weighted by molar-refractivity contribution is 0.0474. The quantitative estimate of drug-likeness (QED) is 0.382. The first-order valence-corrected chi connectivity index (χ1v) is 11.6. The summed E-state index contributed by atoms with van der Waals surface area (Å²) < 4.78 is 30.2. The highest BCUT2D eigenvalue weighted by atomic mass is 32.2. The number of ketones is 1. The molecule has 160 valence electrons. The molecule has 0 atom stereocenters. The van der Waals surface area contributed by atoms with Crippen LogP contribution in [-0.4, -0.2) is 26.8 Å². The van der Waals surface area contributed by atoms with E-state index < -0.39 is 15.8 Å². The third-order valence-corrected chi connectivity index (χ3v) is 6.65. The maximum absolute atomic E-state index is 12.6. The third kappa shape index (κ3) is 5.89. The molecule has 0 bridgehead atoms. The van der Waals surface area contributed by atoms with Gasteiger partial charge in [0.05, 0.1) is 16.2 Å². The van der Waals surface area contributed by atoms with Gasteiger partial charge in [0.25, 0.3) is 0 Å². The zero-order valence-electron chi connectivity index (χ0n) is 17.5. The van der Waals surface area contributed by atoms with Crippen molar-refractivity contribution in [1.29, 1.82) is 0 Å². The lowest BCUT2D eigenvalue weighted by Crippen LogP contribution is -2.14. The molecular weight excluding hydrogens is 412 g/mol. The van der Waals surface area contributed by atoms with Gasteiger partial charge >= 0.3 is 5.97 Å². The summed E-state index contributed by atoms with van der Waals surface area (Å²) in [7, 11) is -3.48. The maximum Gasteiger partial charge on any atom is 0.338 e. The average Bonchev–Trinajstić information content (AvgIpc) is 2.78. The Morgan fingerprint density at radius 1 is 0.774 bits per heavy atom. The molecule has 0 radical (unpaired) electrons. The Kier molecular flexibility index (Phi) is 7.02. The third-order valence-electron chi connectivity index (χ3n) is 4.94. The number of carbonyl (C=O) groups is 2. The molecule has 0 spiro atoms. The predicted molar refractivity (Wildman–Crippen MR) is 119 cm³/mol. The van der Waals surface area contributed by atoms with Crippen molar-refractivity contribution in [2.45, 2.75) is 30.9 Å². The summed E-state index contributed by atoms with van der Waals surface area (Å²) in [6.07, 6.45) is 0.881. The first kappa shape index (κ1) is 22.4. The number of benzene rings is 3. The molecule has 0 aliphatic heterocycles. The number of hydrogen-bond donors (Lipinski definition) is 0. The van der Waals surface area contributed by atoms with E-state index >= 15 is 0 Å². The molecule has 0 amide bonds. The van der Waals surface area contributed by atoms with Crippen LogP contribution in [0.1, 0.15) is 44.3 Å². The molecule has 0 saturated heterocycles. The average molecular weight is 437 g/mol. The Balaban J connectivity index is 1.59. The fourth-order valence-corrected chi connectivity index (χ4v) is 4.36. The van der Waals surface area contributed by atoms with Crippen LogP contribution in [0.25, 0.3) is 0 Å². The van der Waals surface area contributed by atoms with Gasteiger partial charge in [0.1, 0.15) is 0 Å². The SMILES string of the molecule is CCc1ccc(C(=O)COC(=O)c2ccc(CS(=O)(=O)c3ccc(C)cc3)cc2)cc1. The highest BCUT2D eigenvalue weighted by molar-refractivity contribution is 7.90. The second kappa shape index (κ2) is 9.71. The molecule has 0 aromatic heterocycles. The summed E-state index contributed by atoms with van der Waals surface area (Å²) in [4.78, 5) is 24.7. The first-order chi connectivity index (χ1) is 14.8. The number of carbonyl (C=O) groups excluding carboxylic acids is 2. The minimum atomic E-state index is -3.48. The van der Waals surface area contributed by atoms with Crippen molar-refractivity contribution in [2.24, 2.45) is 0 Å². The molecule has 3 rings (SSSR count). The molecule has 0 fully saturated rings. The van der Waals surface area contributed by atoms with Crippen LogP contribution >= 0.6 is 0 Å². The van der Waals surface area contributed by atoms with Crippen LogP contribution in [0.15, 0.2) is 77.7 Å². The number of ether oxygens (including phenoxy) is 1. The van der Waals surface area contributed by atoms with E-state index in [1.165, 1.54) is 12.1 Å². The van der Waals surface area contributed by atoms with Gasteiger partial charge in [-0.15, -0.1) is 0 Å². The van der Waals surface area contributed by atoms with Gasteiger partial charge in [-0.25, -0.2) is 13.2 Å². The zero-order chi connectivity index (χ0) is 22.4. The Morgan fingerprint density at radius 2 is 1.32 bits per heavy atom. The molecule has 0 N–H and O–H groups in total. The molecule has 6 heteroatoms. The van der Waals surface area contributed by atoms with Crippen molar-refractivity contribution in [3.8, 4) is 0 Å². The summed E-state index contributed by atoms with van der Waals surface area (Å²) in [6, 6.07) is 20.0. The summed E-state index contributed by atoms with van der Waals surface area (Å²) in [6.45, 7) is 3.57. The van der Waals surface area contributed by atoms with E-state index in [4.69, 9.17) is 4.74 Å². The molecule has 0 aliphatic carbocycles. The van der Waals surface area contributed by atoms with Crippen LogP contribution in [0.5, 0.6) is 0 Å². The van der Waals surface area contributed by atoms with Crippen molar-refractivity contribution in [1.82, 2.24) is 0 Å². The molecular formula is C25H24O5S. The number of aryl methyl sites for hydroxylation is 2. The number of rotatable bonds is 8. The van der Waals surface area contributed by atoms with Crippen LogP contribution in [0.4, 0.5) is 0 Å². The fourth-order valence-electron chi connectivity index (χ4n) is 3.01. The van der Waals surface area contributed by atoms with Crippen LogP contribution in [0.3, 0.4) is 0 Å². The van der Waals surface area contributed by atoms with Gasteiger partial charge in [-0.05, 0) is 48.7 Å². The van der Waals surface area contributed by atoms with E-state index in [1.54, 1.807) is 48.5 Å². The predicted octanol–water partition coefficient (Wildman–Crippen LogP) is 4.57. The van der Waals surface area contributed by atoms with E-state index in [1.807, 2.05) is 26.0 Å². The van der Waals surface area contributed by atoms with Crippen LogP contribution in [0.2, 0.25) is 0 Å². The molecule has 31 heavy (non-hydrogen) atoms. The maximum atomic E-state index is 12.6. The van der Waals surface area contributed by atoms with Gasteiger partial charge in [0, 0.05) is 5.56 Å². The van der Waals surface area contributed by atoms with E-state index in [9.17, 15) is 18.0 Å². The topological polar surface area (TPSA) is 77.5 Å². The monoisotopic (exact) mass is 436 g/mol. The molecule has 0 unspecified atom stereocenters. The fraction of sp³-hybridized carbons (Fsp3) is 0.200. The van der Waals surface area contributed by atoms with Gasteiger partial charge in [-0.2, -0.15) is 0 Å². The number of sulfone groups is 1. The first-order valence-electron chi connectivity index (χ1n) is 9.96. The van der Waals surface area contributed by atoms with Crippen LogP contribution in [0, 0.1) is 6.92 Å². The van der Waals surface area contributed by atoms with Crippen molar-refractivity contribution in [3.63, 3.8) is 0 Å². The van der Waals surface area contributed by atoms with Crippen molar-refractivity contribution >= 4 is 21.6 Å². The zero-order valence-corrected chi connectivity index (χ0v) is 18.3. The summed E-state index contributed by atoms with van der Waals surface area (Å²) in [5, 5.41) is 0. The van der Waals surface area contributed by atoms with Crippen LogP contribution < -0.4 is 0 Å². The smallest absolute Gasteiger partial charge is 0.338 e. The van der Waals surface area contributed by atoms with Gasteiger partial charge in [-0.1, -0.05) is 61.0 Å². The molecule has 0 aliphatic rings. The van der Waals surface area contributed by atoms with E-state index in [0.29, 0.717) is 11.1 Å². The Morgan fingerprint density at radius 3 is 1.90 bits per heavy atom. The normalized spacial score (nSPS) is 11.2. The van der Waals surface area contributed by atoms with Gasteiger partial charge in [0.2, 0.25) is 0 Å². The second-order valence-electron chi connectivity index (χ2n) is 7.32. The van der Waals surface area contributed by atoms with Crippen molar-refractivity contribution < 1.29 is 22.7 Å². The van der Waals surface area contributed by atoms with Gasteiger partial charge in [0.15, 0.2) is 22.2 Å². The molecule has 3 aromatic carbocycles. The molecule has 5 nitrogen and oxygen atoms in total. The van der Waals surface area contributed by atoms with Gasteiger partial charge < -0.3 is 4.74 Å². The number of esters is 1. The molecule has 3 aromatic rings. The highest BCUT2D eigenvalue weighted by Crippen LogP contribution is 2.18. The molecule has 0 saturated carbocycles. The van der Waals surface area contributed by atoms with E-state index in [-0.39, 0.29) is 28.6 Å². The largest absolute Gasteiger partial charge is 0.454 e. The molecule has 0 heterocycles. The van der Waals surface area contributed by atoms with Crippen molar-refractivity contribution in [2.75, 3.05) is 6.61 Å². The lowest BCUT2D eigenvalue weighted by atomic mass is 10.1. The number of Topliss-reactive ketones (excluding diaryl/α,β-unsaturated/α-hetero) is 1. The standard InChI is InChI=1S/C25H24O5S/c1-3-19-6-10-21(11-7-19)24(26)16-30-25(27)22-12-8-20(9-13-22)17-31(28,29)23-14-4-18(2)5-15-23/h4-15H,3,16-17H2,1-2H3. The Bertz CT molecular complexity index is 1160. The summed E-state index contributed by atoms with van der Waals surface area (Å²) in [5.41, 5.74) is 3.41. The minimum Gasteiger partial charge on any atom is -0.454 e. The summed E-state index contributed by atoms with van der Waals surface area (Å²) >= 11 is 0. The Hall–Kier alpha value is -3.25.